The number of nitrogens with one attached hydrogen (secondary N) is 1. The lowest BCUT2D eigenvalue weighted by Crippen LogP contribution is -2.31. The van der Waals surface area contributed by atoms with Crippen LogP contribution in [0.1, 0.15) is 27.5 Å². The molecule has 10 heteroatoms. The lowest BCUT2D eigenvalue weighted by Gasteiger charge is -2.20. The van der Waals surface area contributed by atoms with Crippen molar-refractivity contribution in [1.82, 2.24) is 5.32 Å². The number of nitrogens with two attached hydrogens (primary N) is 1. The van der Waals surface area contributed by atoms with Crippen LogP contribution in [-0.4, -0.2) is 22.5 Å². The Kier molecular flexibility index (Phi) is 7.73. The minimum atomic E-state index is -0.803. The number of hydrogen-bond acceptors (Lipinski definition) is 5. The normalized spacial score (nSPS) is 11.6. The van der Waals surface area contributed by atoms with Gasteiger partial charge in [-0.05, 0) is 53.9 Å². The minimum absolute atomic E-state index is 0.0169. The molecular weight excluding hydrogens is 452 g/mol. The summed E-state index contributed by atoms with van der Waals surface area (Å²) in [4.78, 5) is 34.8. The van der Waals surface area contributed by atoms with Gasteiger partial charge in [-0.15, -0.1) is 11.8 Å². The monoisotopic (exact) mass is 471 g/mol. The molecule has 0 radical (unpaired) electrons. The summed E-state index contributed by atoms with van der Waals surface area (Å²) in [6.45, 7) is 0. The topological polar surface area (TPSA) is 115 Å². The Morgan fingerprint density at radius 1 is 1.03 bits per heavy atom. The highest BCUT2D eigenvalue weighted by molar-refractivity contribution is 8.00. The van der Waals surface area contributed by atoms with E-state index in [2.05, 4.69) is 5.32 Å². The summed E-state index contributed by atoms with van der Waals surface area (Å²) in [5, 5.41) is 14.1. The standard InChI is InChI=1S/C23H19F2N3O4S/c24-17-5-1-3-14(9-17)10-19(15-4-2-6-18(25)11-15)27-22(29)13-33-21-8-7-16(23(26)30)12-20(21)28(31)32/h1-9,11-12,19H,10,13H2,(H2,26,30)(H,27,29). The SMILES string of the molecule is NC(=O)c1ccc(SCC(=O)NC(Cc2cccc(F)c2)c2cccc(F)c2)c([N+](=O)[O-])c1. The summed E-state index contributed by atoms with van der Waals surface area (Å²) in [7, 11) is 0. The third-order valence-corrected chi connectivity index (χ3v) is 5.78. The fourth-order valence-electron chi connectivity index (χ4n) is 3.19. The summed E-state index contributed by atoms with van der Waals surface area (Å²) in [5.41, 5.74) is 5.91. The van der Waals surface area contributed by atoms with Gasteiger partial charge in [0.1, 0.15) is 11.6 Å². The van der Waals surface area contributed by atoms with Gasteiger partial charge < -0.3 is 11.1 Å². The molecule has 0 aliphatic carbocycles. The molecule has 0 heterocycles. The molecular formula is C23H19F2N3O4S. The summed E-state index contributed by atoms with van der Waals surface area (Å²) in [6.07, 6.45) is 0.213. The van der Waals surface area contributed by atoms with Crippen LogP contribution in [0, 0.1) is 21.7 Å². The number of carbonyl (C=O) groups excluding carboxylic acids is 2. The van der Waals surface area contributed by atoms with Gasteiger partial charge in [-0.3, -0.25) is 19.7 Å². The third kappa shape index (κ3) is 6.59. The molecule has 3 rings (SSSR count). The van der Waals surface area contributed by atoms with Crippen LogP contribution in [0.25, 0.3) is 0 Å². The number of carbonyl (C=O) groups is 2. The molecule has 170 valence electrons. The maximum atomic E-state index is 13.8. The molecule has 0 fully saturated rings. The molecule has 33 heavy (non-hydrogen) atoms. The number of benzene rings is 3. The molecule has 0 saturated heterocycles. The first-order valence-electron chi connectivity index (χ1n) is 9.73. The number of thioether (sulfide) groups is 1. The molecule has 3 aromatic rings. The van der Waals surface area contributed by atoms with Crippen LogP contribution >= 0.6 is 11.8 Å². The number of nitro benzene ring substituents is 1. The van der Waals surface area contributed by atoms with E-state index in [-0.39, 0.29) is 28.3 Å². The van der Waals surface area contributed by atoms with Crippen LogP contribution in [0.4, 0.5) is 14.5 Å². The number of primary amides is 1. The highest BCUT2D eigenvalue weighted by atomic mass is 32.2. The maximum absolute atomic E-state index is 13.8. The third-order valence-electron chi connectivity index (χ3n) is 4.71. The van der Waals surface area contributed by atoms with Gasteiger partial charge in [0.2, 0.25) is 11.8 Å². The minimum Gasteiger partial charge on any atom is -0.366 e. The second-order valence-electron chi connectivity index (χ2n) is 7.10. The summed E-state index contributed by atoms with van der Waals surface area (Å²) in [5.74, 6) is -2.35. The van der Waals surface area contributed by atoms with Gasteiger partial charge in [0.15, 0.2) is 0 Å². The quantitative estimate of drug-likeness (QED) is 0.276. The van der Waals surface area contributed by atoms with E-state index in [9.17, 15) is 28.5 Å². The largest absolute Gasteiger partial charge is 0.366 e. The van der Waals surface area contributed by atoms with Crippen molar-refractivity contribution < 1.29 is 23.3 Å². The second-order valence-corrected chi connectivity index (χ2v) is 8.12. The average molecular weight is 471 g/mol. The molecule has 0 saturated carbocycles. The molecule has 3 aromatic carbocycles. The van der Waals surface area contributed by atoms with E-state index < -0.39 is 34.4 Å². The number of rotatable bonds is 9. The Hall–Kier alpha value is -3.79. The first kappa shape index (κ1) is 23.9. The van der Waals surface area contributed by atoms with E-state index in [1.54, 1.807) is 18.2 Å². The zero-order valence-corrected chi connectivity index (χ0v) is 18.0. The average Bonchev–Trinajstić information content (AvgIpc) is 2.77. The van der Waals surface area contributed by atoms with Gasteiger partial charge in [0.25, 0.3) is 5.69 Å². The van der Waals surface area contributed by atoms with E-state index in [0.717, 1.165) is 17.8 Å². The molecule has 2 amide bonds. The van der Waals surface area contributed by atoms with E-state index in [0.29, 0.717) is 11.1 Å². The molecule has 0 bridgehead atoms. The van der Waals surface area contributed by atoms with Crippen molar-refractivity contribution in [3.63, 3.8) is 0 Å². The number of halogens is 2. The van der Waals surface area contributed by atoms with Crippen LogP contribution in [0.3, 0.4) is 0 Å². The Bertz CT molecular complexity index is 1210. The first-order valence-corrected chi connectivity index (χ1v) is 10.7. The van der Waals surface area contributed by atoms with Crippen LogP contribution in [0.2, 0.25) is 0 Å². The van der Waals surface area contributed by atoms with E-state index in [1.165, 1.54) is 42.5 Å². The van der Waals surface area contributed by atoms with Crippen LogP contribution < -0.4 is 11.1 Å². The zero-order valence-electron chi connectivity index (χ0n) is 17.2. The second kappa shape index (κ2) is 10.7. The van der Waals surface area contributed by atoms with Crippen molar-refractivity contribution in [2.45, 2.75) is 17.4 Å². The molecule has 1 unspecified atom stereocenters. The highest BCUT2D eigenvalue weighted by Gasteiger charge is 2.20. The molecule has 0 aliphatic rings. The van der Waals surface area contributed by atoms with Gasteiger partial charge in [0.05, 0.1) is 21.6 Å². The number of nitrogens with zero attached hydrogens (tertiary/aromatic N) is 1. The van der Waals surface area contributed by atoms with Gasteiger partial charge in [0, 0.05) is 11.6 Å². The fourth-order valence-corrected chi connectivity index (χ4v) is 4.01. The zero-order chi connectivity index (χ0) is 24.0. The van der Waals surface area contributed by atoms with Crippen molar-refractivity contribution in [3.8, 4) is 0 Å². The Morgan fingerprint density at radius 2 is 1.73 bits per heavy atom. The predicted molar refractivity (Wildman–Crippen MR) is 120 cm³/mol. The van der Waals surface area contributed by atoms with E-state index >= 15 is 0 Å². The Morgan fingerprint density at radius 3 is 2.36 bits per heavy atom. The van der Waals surface area contributed by atoms with Crippen molar-refractivity contribution in [2.75, 3.05) is 5.75 Å². The first-order chi connectivity index (χ1) is 15.7. The van der Waals surface area contributed by atoms with Crippen LogP contribution in [0.5, 0.6) is 0 Å². The summed E-state index contributed by atoms with van der Waals surface area (Å²) >= 11 is 0.913. The number of hydrogen-bond donors (Lipinski definition) is 2. The molecule has 7 nitrogen and oxygen atoms in total. The van der Waals surface area contributed by atoms with Crippen molar-refractivity contribution >= 4 is 29.3 Å². The Labute approximate surface area is 192 Å². The van der Waals surface area contributed by atoms with Gasteiger partial charge in [-0.25, -0.2) is 8.78 Å². The summed E-state index contributed by atoms with van der Waals surface area (Å²) in [6, 6.07) is 14.7. The predicted octanol–water partition coefficient (Wildman–Crippen LogP) is 4.16. The van der Waals surface area contributed by atoms with Crippen LogP contribution in [0.15, 0.2) is 71.6 Å². The van der Waals surface area contributed by atoms with Gasteiger partial charge in [-0.1, -0.05) is 24.3 Å². The molecule has 1 atom stereocenters. The summed E-state index contributed by atoms with van der Waals surface area (Å²) < 4.78 is 27.4. The fraction of sp³-hybridized carbons (Fsp3) is 0.130. The Balaban J connectivity index is 1.76. The number of amides is 2. The molecule has 3 N–H and O–H groups in total. The lowest BCUT2D eigenvalue weighted by molar-refractivity contribution is -0.387. The van der Waals surface area contributed by atoms with Crippen molar-refractivity contribution in [1.29, 1.82) is 0 Å². The smallest absolute Gasteiger partial charge is 0.283 e. The lowest BCUT2D eigenvalue weighted by atomic mass is 9.98. The molecule has 0 aromatic heterocycles. The van der Waals surface area contributed by atoms with E-state index in [1.807, 2.05) is 0 Å². The van der Waals surface area contributed by atoms with Crippen LogP contribution in [-0.2, 0) is 11.2 Å². The van der Waals surface area contributed by atoms with E-state index in [4.69, 9.17) is 5.73 Å². The molecule has 0 spiro atoms. The van der Waals surface area contributed by atoms with Crippen molar-refractivity contribution in [3.05, 3.63) is 105 Å². The highest BCUT2D eigenvalue weighted by Crippen LogP contribution is 2.30. The van der Waals surface area contributed by atoms with Crippen molar-refractivity contribution in [2.24, 2.45) is 5.73 Å². The maximum Gasteiger partial charge on any atom is 0.283 e. The van der Waals surface area contributed by atoms with Gasteiger partial charge >= 0.3 is 0 Å². The van der Waals surface area contributed by atoms with Gasteiger partial charge in [-0.2, -0.15) is 0 Å². The molecule has 0 aliphatic heterocycles. The number of nitro groups is 1.